The van der Waals surface area contributed by atoms with Crippen molar-refractivity contribution in [3.63, 3.8) is 0 Å². The predicted molar refractivity (Wildman–Crippen MR) is 72.4 cm³/mol. The summed E-state index contributed by atoms with van der Waals surface area (Å²) in [5.74, 6) is -0.698. The third-order valence-corrected chi connectivity index (χ3v) is 4.39. The number of carboxylic acids is 1. The van der Waals surface area contributed by atoms with Gasteiger partial charge in [0.1, 0.15) is 11.6 Å². The minimum atomic E-state index is -0.982. The molecule has 108 valence electrons. The molecule has 1 aromatic carbocycles. The summed E-state index contributed by atoms with van der Waals surface area (Å²) in [6.45, 7) is 0. The highest BCUT2D eigenvalue weighted by Gasteiger charge is 2.44. The minimum absolute atomic E-state index is 0.175. The van der Waals surface area contributed by atoms with Gasteiger partial charge >= 0.3 is 5.97 Å². The number of hydrogen-bond acceptors (Lipinski definition) is 2. The van der Waals surface area contributed by atoms with E-state index in [4.69, 9.17) is 4.74 Å². The third kappa shape index (κ3) is 2.39. The van der Waals surface area contributed by atoms with Crippen molar-refractivity contribution in [2.75, 3.05) is 0 Å². The zero-order valence-electron chi connectivity index (χ0n) is 11.4. The van der Waals surface area contributed by atoms with Crippen LogP contribution in [-0.4, -0.2) is 17.2 Å². The van der Waals surface area contributed by atoms with Gasteiger partial charge in [0, 0.05) is 5.56 Å². The number of benzene rings is 1. The van der Waals surface area contributed by atoms with Crippen molar-refractivity contribution in [2.45, 2.75) is 56.5 Å². The van der Waals surface area contributed by atoms with E-state index in [1.54, 1.807) is 6.07 Å². The van der Waals surface area contributed by atoms with Crippen molar-refractivity contribution in [3.05, 3.63) is 29.6 Å². The molecule has 0 aliphatic heterocycles. The summed E-state index contributed by atoms with van der Waals surface area (Å²) < 4.78 is 19.5. The molecule has 3 nitrogen and oxygen atoms in total. The highest BCUT2D eigenvalue weighted by Crippen LogP contribution is 2.45. The molecule has 2 aliphatic carbocycles. The maximum Gasteiger partial charge on any atom is 0.314 e. The molecule has 1 N–H and O–H groups in total. The summed E-state index contributed by atoms with van der Waals surface area (Å²) in [4.78, 5) is 11.9. The number of rotatable bonds is 4. The van der Waals surface area contributed by atoms with Crippen molar-refractivity contribution in [3.8, 4) is 5.75 Å². The smallest absolute Gasteiger partial charge is 0.314 e. The van der Waals surface area contributed by atoms with Crippen molar-refractivity contribution in [1.29, 1.82) is 0 Å². The molecule has 2 aliphatic rings. The molecule has 20 heavy (non-hydrogen) atoms. The molecule has 2 fully saturated rings. The van der Waals surface area contributed by atoms with E-state index in [0.717, 1.165) is 32.1 Å². The fraction of sp³-hybridized carbons (Fsp3) is 0.562. The maximum absolute atomic E-state index is 13.6. The molecular weight excluding hydrogens is 259 g/mol. The van der Waals surface area contributed by atoms with E-state index in [2.05, 4.69) is 0 Å². The van der Waals surface area contributed by atoms with Crippen LogP contribution >= 0.6 is 0 Å². The number of carboxylic acid groups (broad SMARTS) is 1. The average Bonchev–Trinajstić information content (AvgIpc) is 3.25. The van der Waals surface area contributed by atoms with Gasteiger partial charge < -0.3 is 9.84 Å². The Morgan fingerprint density at radius 1 is 1.25 bits per heavy atom. The van der Waals surface area contributed by atoms with Gasteiger partial charge in [0.05, 0.1) is 11.5 Å². The van der Waals surface area contributed by atoms with Gasteiger partial charge in [-0.1, -0.05) is 19.3 Å². The second kappa shape index (κ2) is 5.08. The highest BCUT2D eigenvalue weighted by atomic mass is 19.1. The molecule has 0 spiro atoms. The van der Waals surface area contributed by atoms with E-state index in [0.29, 0.717) is 24.2 Å². The summed E-state index contributed by atoms with van der Waals surface area (Å²) >= 11 is 0. The van der Waals surface area contributed by atoms with E-state index >= 15 is 0 Å². The first kappa shape index (κ1) is 13.4. The van der Waals surface area contributed by atoms with Gasteiger partial charge in [0.25, 0.3) is 0 Å². The first-order chi connectivity index (χ1) is 9.62. The molecule has 0 aromatic heterocycles. The molecule has 0 atom stereocenters. The zero-order valence-corrected chi connectivity index (χ0v) is 11.4. The Morgan fingerprint density at radius 3 is 2.55 bits per heavy atom. The normalized spacial score (nSPS) is 21.4. The summed E-state index contributed by atoms with van der Waals surface area (Å²) in [6, 6.07) is 4.29. The van der Waals surface area contributed by atoms with Crippen LogP contribution in [0.3, 0.4) is 0 Å². The van der Waals surface area contributed by atoms with Crippen molar-refractivity contribution >= 4 is 5.97 Å². The molecule has 3 rings (SSSR count). The Labute approximate surface area is 117 Å². The lowest BCUT2D eigenvalue weighted by molar-refractivity contribution is -0.145. The minimum Gasteiger partial charge on any atom is -0.490 e. The first-order valence-corrected chi connectivity index (χ1v) is 7.32. The van der Waals surface area contributed by atoms with Crippen molar-refractivity contribution in [1.82, 2.24) is 0 Å². The zero-order chi connectivity index (χ0) is 14.2. The molecular formula is C16H19FO3. The molecule has 1 aromatic rings. The van der Waals surface area contributed by atoms with Gasteiger partial charge in [0.2, 0.25) is 0 Å². The Kier molecular flexibility index (Phi) is 3.40. The van der Waals surface area contributed by atoms with Crippen LogP contribution in [0.4, 0.5) is 4.39 Å². The Balaban J connectivity index is 2.04. The van der Waals surface area contributed by atoms with E-state index < -0.39 is 17.2 Å². The first-order valence-electron chi connectivity index (χ1n) is 7.32. The van der Waals surface area contributed by atoms with Gasteiger partial charge in [-0.3, -0.25) is 4.79 Å². The van der Waals surface area contributed by atoms with E-state index in [1.165, 1.54) is 12.1 Å². The van der Waals surface area contributed by atoms with Crippen molar-refractivity contribution < 1.29 is 19.0 Å². The Bertz CT molecular complexity index is 516. The largest absolute Gasteiger partial charge is 0.490 e. The van der Waals surface area contributed by atoms with Crippen LogP contribution in [-0.2, 0) is 10.2 Å². The van der Waals surface area contributed by atoms with E-state index in [1.807, 2.05) is 0 Å². The number of carbonyl (C=O) groups is 1. The molecule has 0 bridgehead atoms. The molecule has 0 unspecified atom stereocenters. The second-order valence-corrected chi connectivity index (χ2v) is 5.91. The van der Waals surface area contributed by atoms with Crippen LogP contribution in [0, 0.1) is 5.82 Å². The SMILES string of the molecule is O=C(O)C1(c2cc(F)ccc2OC2CC2)CCCCC1. The van der Waals surface area contributed by atoms with Crippen LogP contribution in [0.15, 0.2) is 18.2 Å². The Hall–Kier alpha value is -1.58. The van der Waals surface area contributed by atoms with Gasteiger partial charge in [-0.25, -0.2) is 4.39 Å². The number of ether oxygens (including phenoxy) is 1. The third-order valence-electron chi connectivity index (χ3n) is 4.39. The summed E-state index contributed by atoms with van der Waals surface area (Å²) in [6.07, 6.45) is 6.07. The van der Waals surface area contributed by atoms with E-state index in [-0.39, 0.29) is 6.10 Å². The van der Waals surface area contributed by atoms with Crippen LogP contribution in [0.1, 0.15) is 50.5 Å². The lowest BCUT2D eigenvalue weighted by Crippen LogP contribution is -2.38. The highest BCUT2D eigenvalue weighted by molar-refractivity contribution is 5.82. The van der Waals surface area contributed by atoms with Crippen molar-refractivity contribution in [2.24, 2.45) is 0 Å². The number of hydrogen-bond donors (Lipinski definition) is 1. The van der Waals surface area contributed by atoms with Gasteiger partial charge in [-0.05, 0) is 43.9 Å². The van der Waals surface area contributed by atoms with Crippen LogP contribution in [0.2, 0.25) is 0 Å². The van der Waals surface area contributed by atoms with Gasteiger partial charge in [-0.15, -0.1) is 0 Å². The molecule has 0 heterocycles. The summed E-state index contributed by atoms with van der Waals surface area (Å²) in [5.41, 5.74) is -0.457. The quantitative estimate of drug-likeness (QED) is 0.914. The van der Waals surface area contributed by atoms with Gasteiger partial charge in [0.15, 0.2) is 0 Å². The molecule has 0 amide bonds. The fourth-order valence-electron chi connectivity index (χ4n) is 3.10. The van der Waals surface area contributed by atoms with Crippen LogP contribution in [0.25, 0.3) is 0 Å². The monoisotopic (exact) mass is 278 g/mol. The molecule has 4 heteroatoms. The molecule has 0 radical (unpaired) electrons. The average molecular weight is 278 g/mol. The predicted octanol–water partition coefficient (Wildman–Crippen LogP) is 3.65. The lowest BCUT2D eigenvalue weighted by atomic mass is 9.69. The summed E-state index contributed by atoms with van der Waals surface area (Å²) in [5, 5.41) is 9.73. The molecule has 2 saturated carbocycles. The topological polar surface area (TPSA) is 46.5 Å². The number of halogens is 1. The second-order valence-electron chi connectivity index (χ2n) is 5.91. The Morgan fingerprint density at radius 2 is 1.95 bits per heavy atom. The molecule has 0 saturated heterocycles. The van der Waals surface area contributed by atoms with Crippen LogP contribution in [0.5, 0.6) is 5.75 Å². The standard InChI is InChI=1S/C16H19FO3/c17-11-4-7-14(20-12-5-6-12)13(10-11)16(15(18)19)8-2-1-3-9-16/h4,7,10,12H,1-3,5-6,8-9H2,(H,18,19). The summed E-state index contributed by atoms with van der Waals surface area (Å²) in [7, 11) is 0. The maximum atomic E-state index is 13.6. The van der Waals surface area contributed by atoms with E-state index in [9.17, 15) is 14.3 Å². The lowest BCUT2D eigenvalue weighted by Gasteiger charge is -2.34. The van der Waals surface area contributed by atoms with Gasteiger partial charge in [-0.2, -0.15) is 0 Å². The van der Waals surface area contributed by atoms with Crippen LogP contribution < -0.4 is 4.74 Å². The number of aliphatic carboxylic acids is 1. The fourth-order valence-corrected chi connectivity index (χ4v) is 3.10.